The summed E-state index contributed by atoms with van der Waals surface area (Å²) < 4.78 is 4.77. The first-order valence-corrected chi connectivity index (χ1v) is 2.80. The quantitative estimate of drug-likeness (QED) is 0.500. The van der Waals surface area contributed by atoms with E-state index in [9.17, 15) is 4.79 Å². The van der Waals surface area contributed by atoms with Crippen LogP contribution in [0.5, 0.6) is 0 Å². The van der Waals surface area contributed by atoms with E-state index in [2.05, 4.69) is 6.92 Å². The van der Waals surface area contributed by atoms with Crippen molar-refractivity contribution in [3.05, 3.63) is 0 Å². The largest absolute Gasteiger partial charge is 0.461 e. The molecule has 2 heteroatoms. The zero-order valence-corrected chi connectivity index (χ0v) is 5.18. The lowest BCUT2D eigenvalue weighted by molar-refractivity contribution is -0.135. The Balaban J connectivity index is 2.35. The summed E-state index contributed by atoms with van der Waals surface area (Å²) >= 11 is 0. The predicted molar refractivity (Wildman–Crippen MR) is 29.3 cm³/mol. The SMILES string of the molecule is CC1CC1(C)OC=O. The van der Waals surface area contributed by atoms with Crippen LogP contribution < -0.4 is 0 Å². The Hall–Kier alpha value is -0.530. The van der Waals surface area contributed by atoms with Crippen LogP contribution in [0.15, 0.2) is 0 Å². The summed E-state index contributed by atoms with van der Waals surface area (Å²) in [6.45, 7) is 4.55. The van der Waals surface area contributed by atoms with E-state index in [1.165, 1.54) is 0 Å². The van der Waals surface area contributed by atoms with Crippen molar-refractivity contribution in [2.75, 3.05) is 0 Å². The van der Waals surface area contributed by atoms with Crippen LogP contribution in [0.1, 0.15) is 20.3 Å². The second-order valence-corrected chi connectivity index (χ2v) is 2.63. The highest BCUT2D eigenvalue weighted by molar-refractivity contribution is 5.39. The zero-order chi connectivity index (χ0) is 6.20. The molecule has 0 bridgehead atoms. The number of carbonyl (C=O) groups excluding carboxylic acids is 1. The summed E-state index contributed by atoms with van der Waals surface area (Å²) in [6.07, 6.45) is 1.02. The highest BCUT2D eigenvalue weighted by Crippen LogP contribution is 2.45. The summed E-state index contributed by atoms with van der Waals surface area (Å²) in [4.78, 5) is 9.78. The minimum absolute atomic E-state index is 0.109. The van der Waals surface area contributed by atoms with Crippen molar-refractivity contribution < 1.29 is 9.53 Å². The van der Waals surface area contributed by atoms with E-state index in [0.29, 0.717) is 12.4 Å². The molecule has 1 aliphatic rings. The van der Waals surface area contributed by atoms with Crippen molar-refractivity contribution in [1.82, 2.24) is 0 Å². The third-order valence-electron chi connectivity index (χ3n) is 1.91. The molecule has 0 spiro atoms. The van der Waals surface area contributed by atoms with Crippen LogP contribution in [-0.4, -0.2) is 12.1 Å². The van der Waals surface area contributed by atoms with Gasteiger partial charge in [0.2, 0.25) is 0 Å². The Morgan fingerprint density at radius 1 is 1.88 bits per heavy atom. The van der Waals surface area contributed by atoms with Crippen LogP contribution in [0, 0.1) is 5.92 Å². The average molecular weight is 114 g/mol. The van der Waals surface area contributed by atoms with Gasteiger partial charge in [-0.3, -0.25) is 4.79 Å². The van der Waals surface area contributed by atoms with Gasteiger partial charge in [-0.15, -0.1) is 0 Å². The van der Waals surface area contributed by atoms with Crippen LogP contribution in [0.4, 0.5) is 0 Å². The van der Waals surface area contributed by atoms with Crippen LogP contribution in [0.25, 0.3) is 0 Å². The lowest BCUT2D eigenvalue weighted by atomic mass is 10.3. The molecule has 1 saturated carbocycles. The molecule has 0 aromatic rings. The number of ether oxygens (including phenoxy) is 1. The first-order chi connectivity index (χ1) is 3.69. The number of hydrogen-bond acceptors (Lipinski definition) is 2. The van der Waals surface area contributed by atoms with Gasteiger partial charge in [0.1, 0.15) is 5.60 Å². The predicted octanol–water partition coefficient (Wildman–Crippen LogP) is 0.958. The van der Waals surface area contributed by atoms with Crippen molar-refractivity contribution in [3.8, 4) is 0 Å². The van der Waals surface area contributed by atoms with Gasteiger partial charge in [0.25, 0.3) is 6.47 Å². The van der Waals surface area contributed by atoms with Gasteiger partial charge in [0, 0.05) is 0 Å². The Bertz CT molecular complexity index is 111. The van der Waals surface area contributed by atoms with Gasteiger partial charge in [-0.25, -0.2) is 0 Å². The van der Waals surface area contributed by atoms with E-state index in [0.717, 1.165) is 6.42 Å². The third kappa shape index (κ3) is 0.703. The Kier molecular flexibility index (Phi) is 1.03. The molecule has 2 atom stereocenters. The molecule has 0 N–H and O–H groups in total. The second kappa shape index (κ2) is 1.47. The molecule has 0 saturated heterocycles. The van der Waals surface area contributed by atoms with E-state index in [4.69, 9.17) is 4.74 Å². The molecule has 0 aliphatic heterocycles. The molecule has 2 nitrogen and oxygen atoms in total. The molecule has 1 aliphatic carbocycles. The molecule has 0 heterocycles. The van der Waals surface area contributed by atoms with Gasteiger partial charge < -0.3 is 4.74 Å². The summed E-state index contributed by atoms with van der Waals surface area (Å²) in [6, 6.07) is 0. The number of carbonyl (C=O) groups is 1. The van der Waals surface area contributed by atoms with Crippen LogP contribution in [-0.2, 0) is 9.53 Å². The zero-order valence-electron chi connectivity index (χ0n) is 5.18. The molecular formula is C6H10O2. The maximum Gasteiger partial charge on any atom is 0.293 e. The number of rotatable bonds is 2. The molecule has 0 radical (unpaired) electrons. The summed E-state index contributed by atoms with van der Waals surface area (Å²) in [5.41, 5.74) is -0.109. The summed E-state index contributed by atoms with van der Waals surface area (Å²) in [5, 5.41) is 0. The molecule has 0 aromatic carbocycles. The van der Waals surface area contributed by atoms with E-state index in [1.54, 1.807) is 0 Å². The summed E-state index contributed by atoms with van der Waals surface area (Å²) in [7, 11) is 0. The lowest BCUT2D eigenvalue weighted by Crippen LogP contribution is -2.09. The van der Waals surface area contributed by atoms with Crippen LogP contribution in [0.3, 0.4) is 0 Å². The van der Waals surface area contributed by atoms with Crippen molar-refractivity contribution in [2.24, 2.45) is 5.92 Å². The normalized spacial score (nSPS) is 43.5. The second-order valence-electron chi connectivity index (χ2n) is 2.63. The topological polar surface area (TPSA) is 26.3 Å². The van der Waals surface area contributed by atoms with E-state index in [-0.39, 0.29) is 5.60 Å². The van der Waals surface area contributed by atoms with Gasteiger partial charge in [0.15, 0.2) is 0 Å². The molecular weight excluding hydrogens is 104 g/mol. The average Bonchev–Trinajstić information content (AvgIpc) is 2.16. The highest BCUT2D eigenvalue weighted by atomic mass is 16.5. The molecule has 1 rings (SSSR count). The minimum atomic E-state index is -0.109. The van der Waals surface area contributed by atoms with E-state index >= 15 is 0 Å². The van der Waals surface area contributed by atoms with Gasteiger partial charge in [-0.2, -0.15) is 0 Å². The van der Waals surface area contributed by atoms with E-state index < -0.39 is 0 Å². The van der Waals surface area contributed by atoms with Gasteiger partial charge >= 0.3 is 0 Å². The first kappa shape index (κ1) is 5.60. The van der Waals surface area contributed by atoms with Crippen molar-refractivity contribution in [2.45, 2.75) is 25.9 Å². The fourth-order valence-electron chi connectivity index (χ4n) is 0.823. The maximum atomic E-state index is 9.78. The van der Waals surface area contributed by atoms with E-state index in [1.807, 2.05) is 6.92 Å². The molecule has 0 aromatic heterocycles. The molecule has 0 amide bonds. The molecule has 8 heavy (non-hydrogen) atoms. The lowest BCUT2D eigenvalue weighted by Gasteiger charge is -2.04. The first-order valence-electron chi connectivity index (χ1n) is 2.80. The minimum Gasteiger partial charge on any atom is -0.461 e. The van der Waals surface area contributed by atoms with Crippen molar-refractivity contribution in [3.63, 3.8) is 0 Å². The fraction of sp³-hybridized carbons (Fsp3) is 0.833. The third-order valence-corrected chi connectivity index (χ3v) is 1.91. The molecule has 2 unspecified atom stereocenters. The van der Waals surface area contributed by atoms with Crippen LogP contribution in [0.2, 0.25) is 0 Å². The molecule has 1 fully saturated rings. The Morgan fingerprint density at radius 3 is 2.50 bits per heavy atom. The van der Waals surface area contributed by atoms with Crippen LogP contribution >= 0.6 is 0 Å². The standard InChI is InChI=1S/C6H10O2/c1-5-3-6(5,2)8-4-7/h4-5H,3H2,1-2H3. The summed E-state index contributed by atoms with van der Waals surface area (Å²) in [5.74, 6) is 0.563. The highest BCUT2D eigenvalue weighted by Gasteiger charge is 2.49. The Labute approximate surface area is 48.8 Å². The smallest absolute Gasteiger partial charge is 0.293 e. The Morgan fingerprint density at radius 2 is 2.38 bits per heavy atom. The fourth-order valence-corrected chi connectivity index (χ4v) is 0.823. The van der Waals surface area contributed by atoms with Gasteiger partial charge in [-0.05, 0) is 19.3 Å². The van der Waals surface area contributed by atoms with Gasteiger partial charge in [-0.1, -0.05) is 6.92 Å². The van der Waals surface area contributed by atoms with Crippen molar-refractivity contribution >= 4 is 6.47 Å². The molecule has 46 valence electrons. The monoisotopic (exact) mass is 114 g/mol. The van der Waals surface area contributed by atoms with Crippen molar-refractivity contribution in [1.29, 1.82) is 0 Å². The maximum absolute atomic E-state index is 9.78. The number of hydrogen-bond donors (Lipinski definition) is 0. The van der Waals surface area contributed by atoms with Gasteiger partial charge in [0.05, 0.1) is 0 Å².